The zero-order valence-corrected chi connectivity index (χ0v) is 25.1. The summed E-state index contributed by atoms with van der Waals surface area (Å²) in [6.07, 6.45) is 6.99. The third-order valence-electron chi connectivity index (χ3n) is 8.41. The first-order valence-electron chi connectivity index (χ1n) is 14.2. The molecule has 8 nitrogen and oxygen atoms in total. The molecule has 1 N–H and O–H groups in total. The molecule has 3 amide bonds. The van der Waals surface area contributed by atoms with E-state index in [-0.39, 0.29) is 35.1 Å². The second kappa shape index (κ2) is 13.1. The fourth-order valence-electron chi connectivity index (χ4n) is 6.71. The molecule has 3 aliphatic heterocycles. The topological polar surface area (TPSA) is 90.4 Å². The van der Waals surface area contributed by atoms with Crippen molar-refractivity contribution in [2.45, 2.75) is 88.4 Å². The van der Waals surface area contributed by atoms with E-state index < -0.39 is 35.6 Å². The minimum Gasteiger partial charge on any atom is -0.394 e. The summed E-state index contributed by atoms with van der Waals surface area (Å²) in [5, 5.41) is 10.4. The van der Waals surface area contributed by atoms with Crippen LogP contribution in [0.5, 0.6) is 0 Å². The standard InChI is InChI=1S/C29H46BrN3O5/c1-7-11-12-16-32(15-10-4)28(37)25-29-17-20(30)24(38-29)22(26(35)31(13-8-2)14-9-3)23(29)27(36)33(25)21(18-34)19(5)6/h8,10,19-25,34H,2,4,7,9,11-18H2,1,3,5-6H3/t20?,21-,22-,23-,24-,25?,29?/m0/s1. The maximum absolute atomic E-state index is 14.4. The van der Waals surface area contributed by atoms with Gasteiger partial charge in [-0.05, 0) is 25.2 Å². The van der Waals surface area contributed by atoms with E-state index in [1.165, 1.54) is 0 Å². The molecule has 3 unspecified atom stereocenters. The number of hydrogen-bond acceptors (Lipinski definition) is 5. The molecule has 1 spiro atoms. The second-order valence-corrected chi connectivity index (χ2v) is 12.4. The molecule has 3 rings (SSSR count). The van der Waals surface area contributed by atoms with Crippen molar-refractivity contribution in [1.29, 1.82) is 0 Å². The quantitative estimate of drug-likeness (QED) is 0.178. The summed E-state index contributed by atoms with van der Waals surface area (Å²) in [4.78, 5) is 47.6. The van der Waals surface area contributed by atoms with E-state index >= 15 is 0 Å². The Balaban J connectivity index is 2.11. The number of aliphatic hydroxyl groups excluding tert-OH is 1. The van der Waals surface area contributed by atoms with Gasteiger partial charge in [-0.3, -0.25) is 14.4 Å². The molecule has 3 heterocycles. The van der Waals surface area contributed by atoms with Gasteiger partial charge in [0, 0.05) is 31.0 Å². The maximum Gasteiger partial charge on any atom is 0.248 e. The average Bonchev–Trinajstić information content (AvgIpc) is 3.47. The third kappa shape index (κ3) is 5.35. The van der Waals surface area contributed by atoms with Crippen molar-refractivity contribution in [2.24, 2.45) is 17.8 Å². The molecule has 2 bridgehead atoms. The molecule has 38 heavy (non-hydrogen) atoms. The molecular weight excluding hydrogens is 550 g/mol. The number of rotatable bonds is 15. The number of likely N-dealkylation sites (tertiary alicyclic amines) is 1. The lowest BCUT2D eigenvalue weighted by Crippen LogP contribution is -2.60. The van der Waals surface area contributed by atoms with Gasteiger partial charge in [0.05, 0.1) is 30.6 Å². The average molecular weight is 597 g/mol. The van der Waals surface area contributed by atoms with Crippen molar-refractivity contribution in [1.82, 2.24) is 14.7 Å². The van der Waals surface area contributed by atoms with Crippen molar-refractivity contribution in [2.75, 3.05) is 32.8 Å². The summed E-state index contributed by atoms with van der Waals surface area (Å²) >= 11 is 3.74. The van der Waals surface area contributed by atoms with Crippen LogP contribution in [-0.4, -0.2) is 98.9 Å². The van der Waals surface area contributed by atoms with E-state index in [0.29, 0.717) is 32.6 Å². The number of nitrogens with zero attached hydrogens (tertiary/aromatic N) is 3. The number of unbranched alkanes of at least 4 members (excludes halogenated alkanes) is 2. The van der Waals surface area contributed by atoms with Crippen LogP contribution in [0.4, 0.5) is 0 Å². The van der Waals surface area contributed by atoms with E-state index in [4.69, 9.17) is 4.74 Å². The predicted octanol–water partition coefficient (Wildman–Crippen LogP) is 3.38. The van der Waals surface area contributed by atoms with E-state index in [1.807, 2.05) is 20.8 Å². The fourth-order valence-corrected chi connectivity index (χ4v) is 7.65. The summed E-state index contributed by atoms with van der Waals surface area (Å²) in [6.45, 7) is 17.2. The van der Waals surface area contributed by atoms with E-state index in [0.717, 1.165) is 25.7 Å². The number of halogens is 1. The zero-order valence-electron chi connectivity index (χ0n) is 23.5. The first-order chi connectivity index (χ1) is 18.1. The van der Waals surface area contributed by atoms with Crippen molar-refractivity contribution in [3.05, 3.63) is 25.3 Å². The van der Waals surface area contributed by atoms with Crippen molar-refractivity contribution < 1.29 is 24.2 Å². The molecule has 0 aromatic heterocycles. The Morgan fingerprint density at radius 1 is 1.13 bits per heavy atom. The summed E-state index contributed by atoms with van der Waals surface area (Å²) in [5.41, 5.74) is -1.13. The Hall–Kier alpha value is -1.71. The highest BCUT2D eigenvalue weighted by atomic mass is 79.9. The van der Waals surface area contributed by atoms with Crippen LogP contribution in [0.2, 0.25) is 0 Å². The molecule has 9 heteroatoms. The number of aliphatic hydroxyl groups is 1. The van der Waals surface area contributed by atoms with Crippen LogP contribution in [0.1, 0.15) is 59.8 Å². The lowest BCUT2D eigenvalue weighted by Gasteiger charge is -2.40. The highest BCUT2D eigenvalue weighted by molar-refractivity contribution is 9.09. The number of carbonyl (C=O) groups is 3. The van der Waals surface area contributed by atoms with Crippen LogP contribution in [0.3, 0.4) is 0 Å². The first-order valence-corrected chi connectivity index (χ1v) is 15.1. The SMILES string of the molecule is C=CCN(CCCCC)C(=O)C1N([C@@H](CO)C(C)C)C(=O)[C@@H]2[C@H](C(=O)N(CC=C)CCC)[C@H]3OC12CC3Br. The Morgan fingerprint density at radius 2 is 1.76 bits per heavy atom. The number of alkyl halides is 1. The van der Waals surface area contributed by atoms with Crippen LogP contribution in [0.25, 0.3) is 0 Å². The molecule has 0 aromatic rings. The van der Waals surface area contributed by atoms with Gasteiger partial charge in [0.1, 0.15) is 11.6 Å². The monoisotopic (exact) mass is 595 g/mol. The summed E-state index contributed by atoms with van der Waals surface area (Å²) in [5.74, 6) is -2.16. The molecule has 0 aromatic carbocycles. The molecule has 214 valence electrons. The maximum atomic E-state index is 14.4. The lowest BCUT2D eigenvalue weighted by molar-refractivity contribution is -0.152. The van der Waals surface area contributed by atoms with E-state index in [2.05, 4.69) is 36.0 Å². The smallest absolute Gasteiger partial charge is 0.248 e. The van der Waals surface area contributed by atoms with Crippen LogP contribution in [0.15, 0.2) is 25.3 Å². The summed E-state index contributed by atoms with van der Waals surface area (Å²) < 4.78 is 6.66. The molecule has 0 saturated carbocycles. The van der Waals surface area contributed by atoms with Crippen molar-refractivity contribution in [3.8, 4) is 0 Å². The normalized spacial score (nSPS) is 30.4. The Morgan fingerprint density at radius 3 is 2.29 bits per heavy atom. The van der Waals surface area contributed by atoms with E-state index in [9.17, 15) is 19.5 Å². The molecule has 7 atom stereocenters. The van der Waals surface area contributed by atoms with Gasteiger partial charge in [0.15, 0.2) is 0 Å². The molecular formula is C29H46BrN3O5. The van der Waals surface area contributed by atoms with Crippen molar-refractivity contribution in [3.63, 3.8) is 0 Å². The summed E-state index contributed by atoms with van der Waals surface area (Å²) in [7, 11) is 0. The third-order valence-corrected chi connectivity index (χ3v) is 9.25. The Kier molecular flexibility index (Phi) is 10.6. The fraction of sp³-hybridized carbons (Fsp3) is 0.759. The molecule has 3 saturated heterocycles. The van der Waals surface area contributed by atoms with Gasteiger partial charge < -0.3 is 24.5 Å². The second-order valence-electron chi connectivity index (χ2n) is 11.3. The zero-order chi connectivity index (χ0) is 28.2. The lowest BCUT2D eigenvalue weighted by atomic mass is 9.70. The summed E-state index contributed by atoms with van der Waals surface area (Å²) in [6, 6.07) is -1.48. The van der Waals surface area contributed by atoms with E-state index in [1.54, 1.807) is 26.9 Å². The highest BCUT2D eigenvalue weighted by Crippen LogP contribution is 2.61. The highest BCUT2D eigenvalue weighted by Gasteiger charge is 2.77. The number of fused-ring (bicyclic) bond motifs is 1. The van der Waals surface area contributed by atoms with Crippen LogP contribution < -0.4 is 0 Å². The van der Waals surface area contributed by atoms with Crippen LogP contribution in [0, 0.1) is 17.8 Å². The number of hydrogen-bond donors (Lipinski definition) is 1. The molecule has 0 radical (unpaired) electrons. The number of ether oxygens (including phenoxy) is 1. The van der Waals surface area contributed by atoms with Gasteiger partial charge in [-0.1, -0.05) is 68.6 Å². The predicted molar refractivity (Wildman–Crippen MR) is 152 cm³/mol. The van der Waals surface area contributed by atoms with Crippen LogP contribution >= 0.6 is 15.9 Å². The first kappa shape index (κ1) is 30.8. The van der Waals surface area contributed by atoms with Gasteiger partial charge in [0.2, 0.25) is 17.7 Å². The van der Waals surface area contributed by atoms with Crippen molar-refractivity contribution >= 4 is 33.7 Å². The van der Waals surface area contributed by atoms with Gasteiger partial charge >= 0.3 is 0 Å². The number of carbonyl (C=O) groups excluding carboxylic acids is 3. The van der Waals surface area contributed by atoms with Gasteiger partial charge in [-0.2, -0.15) is 0 Å². The minimum atomic E-state index is -1.13. The Bertz CT molecular complexity index is 897. The minimum absolute atomic E-state index is 0.0918. The molecule has 0 aliphatic carbocycles. The van der Waals surface area contributed by atoms with Gasteiger partial charge in [-0.15, -0.1) is 13.2 Å². The Labute approximate surface area is 236 Å². The van der Waals surface area contributed by atoms with Gasteiger partial charge in [0.25, 0.3) is 0 Å². The largest absolute Gasteiger partial charge is 0.394 e. The molecule has 3 fully saturated rings. The molecule has 3 aliphatic rings. The number of amides is 3. The van der Waals surface area contributed by atoms with Gasteiger partial charge in [-0.25, -0.2) is 0 Å². The van der Waals surface area contributed by atoms with Crippen LogP contribution in [-0.2, 0) is 19.1 Å².